The van der Waals surface area contributed by atoms with Crippen LogP contribution in [0.2, 0.25) is 0 Å². The molecule has 1 unspecified atom stereocenters. The molecular formula is C17H26N2O3S. The van der Waals surface area contributed by atoms with E-state index in [1.165, 1.54) is 16.1 Å². The quantitative estimate of drug-likeness (QED) is 0.894. The van der Waals surface area contributed by atoms with Gasteiger partial charge in [0.25, 0.3) is 0 Å². The van der Waals surface area contributed by atoms with Gasteiger partial charge in [-0.3, -0.25) is 4.79 Å². The maximum absolute atomic E-state index is 12.4. The average Bonchev–Trinajstić information content (AvgIpc) is 2.54. The van der Waals surface area contributed by atoms with Gasteiger partial charge in [0.05, 0.1) is 12.3 Å². The Labute approximate surface area is 139 Å². The molecule has 0 spiro atoms. The van der Waals surface area contributed by atoms with Crippen molar-refractivity contribution in [3.63, 3.8) is 0 Å². The number of carbonyl (C=O) groups excluding carboxylic acids is 1. The molecule has 1 aromatic carbocycles. The van der Waals surface area contributed by atoms with Crippen LogP contribution in [0.3, 0.4) is 0 Å². The molecule has 5 nitrogen and oxygen atoms in total. The Morgan fingerprint density at radius 2 is 1.83 bits per heavy atom. The van der Waals surface area contributed by atoms with Crippen molar-refractivity contribution in [3.05, 3.63) is 35.4 Å². The van der Waals surface area contributed by atoms with Crippen LogP contribution in [0, 0.1) is 5.92 Å². The second-order valence-electron chi connectivity index (χ2n) is 6.26. The van der Waals surface area contributed by atoms with Gasteiger partial charge >= 0.3 is 0 Å². The van der Waals surface area contributed by atoms with Crippen molar-refractivity contribution in [2.45, 2.75) is 39.2 Å². The van der Waals surface area contributed by atoms with Gasteiger partial charge in [-0.05, 0) is 37.3 Å². The molecule has 1 atom stereocenters. The number of hydrogen-bond donors (Lipinski definition) is 1. The number of amides is 1. The van der Waals surface area contributed by atoms with Gasteiger partial charge in [-0.1, -0.05) is 31.2 Å². The van der Waals surface area contributed by atoms with Gasteiger partial charge in [0.1, 0.15) is 0 Å². The molecule has 0 bridgehead atoms. The van der Waals surface area contributed by atoms with E-state index >= 15 is 0 Å². The highest BCUT2D eigenvalue weighted by Crippen LogP contribution is 2.21. The number of nitrogens with one attached hydrogen (secondary N) is 1. The summed E-state index contributed by atoms with van der Waals surface area (Å²) in [5.41, 5.74) is 2.37. The van der Waals surface area contributed by atoms with Crippen molar-refractivity contribution in [1.29, 1.82) is 0 Å². The molecule has 128 valence electrons. The molecule has 6 heteroatoms. The molecule has 2 rings (SSSR count). The van der Waals surface area contributed by atoms with Gasteiger partial charge in [-0.15, -0.1) is 0 Å². The van der Waals surface area contributed by atoms with Gasteiger partial charge in [-0.25, -0.2) is 12.7 Å². The number of rotatable bonds is 5. The maximum atomic E-state index is 12.4. The molecule has 1 N–H and O–H groups in total. The van der Waals surface area contributed by atoms with E-state index in [9.17, 15) is 13.2 Å². The van der Waals surface area contributed by atoms with Gasteiger partial charge in [0.15, 0.2) is 0 Å². The SMILES string of the molecule is CCc1ccc(C(C)NC(=O)C2CCN(S(C)(=O)=O)CC2)cc1. The zero-order valence-corrected chi connectivity index (χ0v) is 14.9. The minimum Gasteiger partial charge on any atom is -0.349 e. The summed E-state index contributed by atoms with van der Waals surface area (Å²) >= 11 is 0. The van der Waals surface area contributed by atoms with Gasteiger partial charge in [-0.2, -0.15) is 0 Å². The molecule has 1 heterocycles. The molecule has 23 heavy (non-hydrogen) atoms. The summed E-state index contributed by atoms with van der Waals surface area (Å²) in [7, 11) is -3.15. The maximum Gasteiger partial charge on any atom is 0.223 e. The average molecular weight is 338 g/mol. The molecule has 1 amide bonds. The van der Waals surface area contributed by atoms with Crippen LogP contribution < -0.4 is 5.32 Å². The summed E-state index contributed by atoms with van der Waals surface area (Å²) in [6.07, 6.45) is 3.39. The highest BCUT2D eigenvalue weighted by atomic mass is 32.2. The Morgan fingerprint density at radius 1 is 1.26 bits per heavy atom. The van der Waals surface area contributed by atoms with Crippen molar-refractivity contribution in [2.24, 2.45) is 5.92 Å². The topological polar surface area (TPSA) is 66.5 Å². The summed E-state index contributed by atoms with van der Waals surface area (Å²) < 4.78 is 24.5. The first-order chi connectivity index (χ1) is 10.8. The Kier molecular flexibility index (Phi) is 5.81. The molecule has 1 aromatic rings. The third-order valence-electron chi connectivity index (χ3n) is 4.54. The Morgan fingerprint density at radius 3 is 2.30 bits per heavy atom. The van der Waals surface area contributed by atoms with E-state index < -0.39 is 10.0 Å². The number of piperidine rings is 1. The molecular weight excluding hydrogens is 312 g/mol. The van der Waals surface area contributed by atoms with Crippen LogP contribution in [0.4, 0.5) is 0 Å². The molecule has 1 aliphatic rings. The summed E-state index contributed by atoms with van der Waals surface area (Å²) in [5.74, 6) is -0.0874. The van der Waals surface area contributed by atoms with E-state index in [4.69, 9.17) is 0 Å². The highest BCUT2D eigenvalue weighted by Gasteiger charge is 2.29. The Balaban J connectivity index is 1.89. The van der Waals surface area contributed by atoms with Crippen molar-refractivity contribution in [1.82, 2.24) is 9.62 Å². The first-order valence-corrected chi connectivity index (χ1v) is 10.0. The predicted octanol–water partition coefficient (Wildman–Crippen LogP) is 2.10. The number of sulfonamides is 1. The van der Waals surface area contributed by atoms with Crippen LogP contribution in [0.15, 0.2) is 24.3 Å². The summed E-state index contributed by atoms with van der Waals surface area (Å²) in [6.45, 7) is 4.94. The summed E-state index contributed by atoms with van der Waals surface area (Å²) in [6, 6.07) is 8.23. The fraction of sp³-hybridized carbons (Fsp3) is 0.588. The van der Waals surface area contributed by atoms with Crippen molar-refractivity contribution in [3.8, 4) is 0 Å². The molecule has 0 radical (unpaired) electrons. The van der Waals surface area contributed by atoms with Crippen molar-refractivity contribution >= 4 is 15.9 Å². The van der Waals surface area contributed by atoms with E-state index in [1.807, 2.05) is 6.92 Å². The lowest BCUT2D eigenvalue weighted by atomic mass is 9.96. The second-order valence-corrected chi connectivity index (χ2v) is 8.24. The first-order valence-electron chi connectivity index (χ1n) is 8.15. The number of benzene rings is 1. The first kappa shape index (κ1) is 17.9. The summed E-state index contributed by atoms with van der Waals surface area (Å²) in [5, 5.41) is 3.05. The third-order valence-corrected chi connectivity index (χ3v) is 5.84. The number of hydrogen-bond acceptors (Lipinski definition) is 3. The zero-order valence-electron chi connectivity index (χ0n) is 14.1. The molecule has 1 fully saturated rings. The van der Waals surface area contributed by atoms with Crippen LogP contribution >= 0.6 is 0 Å². The monoisotopic (exact) mass is 338 g/mol. The summed E-state index contributed by atoms with van der Waals surface area (Å²) in [4.78, 5) is 12.4. The lowest BCUT2D eigenvalue weighted by Crippen LogP contribution is -2.43. The number of nitrogens with zero attached hydrogens (tertiary/aromatic N) is 1. The van der Waals surface area contributed by atoms with Crippen LogP contribution in [-0.4, -0.2) is 38.0 Å². The highest BCUT2D eigenvalue weighted by molar-refractivity contribution is 7.88. The fourth-order valence-corrected chi connectivity index (χ4v) is 3.78. The Bertz CT molecular complexity index is 632. The minimum absolute atomic E-state index is 0.0187. The Hall–Kier alpha value is -1.40. The van der Waals surface area contributed by atoms with Crippen LogP contribution in [0.1, 0.15) is 43.9 Å². The molecule has 0 aromatic heterocycles. The van der Waals surface area contributed by atoms with Crippen LogP contribution in [0.5, 0.6) is 0 Å². The standard InChI is InChI=1S/C17H26N2O3S/c1-4-14-5-7-15(8-6-14)13(2)18-17(20)16-9-11-19(12-10-16)23(3,21)22/h5-8,13,16H,4,9-12H2,1-3H3,(H,18,20). The van der Waals surface area contributed by atoms with E-state index in [0.717, 1.165) is 12.0 Å². The van der Waals surface area contributed by atoms with E-state index in [0.29, 0.717) is 25.9 Å². The smallest absolute Gasteiger partial charge is 0.223 e. The van der Waals surface area contributed by atoms with Crippen molar-refractivity contribution in [2.75, 3.05) is 19.3 Å². The normalized spacial score (nSPS) is 18.6. The molecule has 0 saturated carbocycles. The van der Waals surface area contributed by atoms with Gasteiger partial charge in [0.2, 0.25) is 15.9 Å². The van der Waals surface area contributed by atoms with Crippen LogP contribution in [0.25, 0.3) is 0 Å². The van der Waals surface area contributed by atoms with Crippen molar-refractivity contribution < 1.29 is 13.2 Å². The predicted molar refractivity (Wildman–Crippen MR) is 91.5 cm³/mol. The lowest BCUT2D eigenvalue weighted by molar-refractivity contribution is -0.126. The van der Waals surface area contributed by atoms with Gasteiger partial charge in [0, 0.05) is 19.0 Å². The molecule has 1 aliphatic heterocycles. The number of aryl methyl sites for hydroxylation is 1. The zero-order chi connectivity index (χ0) is 17.0. The van der Waals surface area contributed by atoms with E-state index in [1.54, 1.807) is 0 Å². The largest absolute Gasteiger partial charge is 0.349 e. The van der Waals surface area contributed by atoms with E-state index in [2.05, 4.69) is 36.5 Å². The number of carbonyl (C=O) groups is 1. The van der Waals surface area contributed by atoms with E-state index in [-0.39, 0.29) is 17.9 Å². The third kappa shape index (κ3) is 4.78. The molecule has 0 aliphatic carbocycles. The fourth-order valence-electron chi connectivity index (χ4n) is 2.91. The molecule has 1 saturated heterocycles. The lowest BCUT2D eigenvalue weighted by Gasteiger charge is -2.30. The van der Waals surface area contributed by atoms with Gasteiger partial charge < -0.3 is 5.32 Å². The second kappa shape index (κ2) is 7.45. The minimum atomic E-state index is -3.15. The van der Waals surface area contributed by atoms with Crippen LogP contribution in [-0.2, 0) is 21.2 Å².